The van der Waals surface area contributed by atoms with Crippen LogP contribution in [0.25, 0.3) is 0 Å². The molecule has 10 heteroatoms. The Labute approximate surface area is 243 Å². The molecular weight excluding hydrogens is 537 g/mol. The second kappa shape index (κ2) is 10.9. The van der Waals surface area contributed by atoms with Crippen LogP contribution in [0.1, 0.15) is 80.1 Å². The highest BCUT2D eigenvalue weighted by atomic mass is 28.4. The fourth-order valence-electron chi connectivity index (χ4n) is 7.84. The molecule has 0 amide bonds. The Kier molecular flexibility index (Phi) is 9.41. The first-order valence-corrected chi connectivity index (χ1v) is 25.2. The maximum Gasteiger partial charge on any atom is 0.474 e. The van der Waals surface area contributed by atoms with Gasteiger partial charge in [-0.2, -0.15) is 0 Å². The number of hydrogen-bond acceptors (Lipinski definition) is 5. The van der Waals surface area contributed by atoms with Gasteiger partial charge in [-0.15, -0.1) is 0 Å². The van der Waals surface area contributed by atoms with Gasteiger partial charge in [0.2, 0.25) is 0 Å². The molecule has 3 aliphatic carbocycles. The normalized spacial score (nSPS) is 30.6. The van der Waals surface area contributed by atoms with Gasteiger partial charge < -0.3 is 23.1 Å². The summed E-state index contributed by atoms with van der Waals surface area (Å²) in [7, 11) is -5.73. The first-order valence-electron chi connectivity index (χ1n) is 15.4. The second-order valence-electron chi connectivity index (χ2n) is 17.2. The molecule has 0 spiro atoms. The fourth-order valence-corrected chi connectivity index (χ4v) is 19.8. The van der Waals surface area contributed by atoms with E-state index < -0.39 is 30.8 Å². The van der Waals surface area contributed by atoms with E-state index in [2.05, 4.69) is 98.1 Å². The van der Waals surface area contributed by atoms with Gasteiger partial charge in [-0.25, -0.2) is 0 Å². The first-order chi connectivity index (χ1) is 17.4. The van der Waals surface area contributed by atoms with E-state index in [1.807, 2.05) is 0 Å². The van der Waals surface area contributed by atoms with Gasteiger partial charge in [-0.1, -0.05) is 73.9 Å². The lowest BCUT2D eigenvalue weighted by molar-refractivity contribution is -0.185. The molecule has 226 valence electrons. The Bertz CT molecular complexity index is 883. The standard InChI is InChI=1S/C29H60BNO5Si3/c1-27(2,3)39(13,14)35-22(19-25(32)33)16-15-17-24(31(37(7,8)9)38(10,11)12)30-34-26-23-18-21(28(23,4)5)20-29(26,6)36-30/h21-24,26H,15-20H2,1-14H3,(H,32,33)/t21-,22?,23+,24-,26-,29+/m1/s1. The number of hydrogen-bond donors (Lipinski definition) is 1. The number of carbonyl (C=O) groups is 1. The molecule has 4 fully saturated rings. The molecule has 1 unspecified atom stereocenters. The van der Waals surface area contributed by atoms with Crippen molar-refractivity contribution in [1.29, 1.82) is 0 Å². The Morgan fingerprint density at radius 2 is 1.62 bits per heavy atom. The quantitative estimate of drug-likeness (QED) is 0.233. The van der Waals surface area contributed by atoms with Crippen molar-refractivity contribution < 1.29 is 23.6 Å². The lowest BCUT2D eigenvalue weighted by Gasteiger charge is -2.63. The van der Waals surface area contributed by atoms with E-state index in [0.29, 0.717) is 11.3 Å². The lowest BCUT2D eigenvalue weighted by Crippen LogP contribution is -2.67. The zero-order valence-corrected chi connectivity index (χ0v) is 30.7. The molecular formula is C29H60BNO5Si3. The summed E-state index contributed by atoms with van der Waals surface area (Å²) >= 11 is 0. The minimum absolute atomic E-state index is 0.0461. The molecule has 0 aromatic heterocycles. The van der Waals surface area contributed by atoms with E-state index in [4.69, 9.17) is 13.7 Å². The number of aliphatic carboxylic acids is 1. The molecule has 0 aromatic carbocycles. The van der Waals surface area contributed by atoms with E-state index in [1.54, 1.807) is 0 Å². The summed E-state index contributed by atoms with van der Waals surface area (Å²) in [4.78, 5) is 11.8. The molecule has 1 N–H and O–H groups in total. The summed E-state index contributed by atoms with van der Waals surface area (Å²) in [5, 5.41) is 9.73. The monoisotopic (exact) mass is 597 g/mol. The molecule has 0 radical (unpaired) electrons. The van der Waals surface area contributed by atoms with Gasteiger partial charge in [-0.3, -0.25) is 4.79 Å². The van der Waals surface area contributed by atoms with Crippen LogP contribution in [0, 0.1) is 17.3 Å². The SMILES string of the molecule is CC1(C)[C@@H]2C[C@H]1[C@H]1OB([C@@H](CCCC(CC(=O)O)O[Si](C)(C)C(C)(C)C)N([Si](C)(C)C)[Si](C)(C)C)O[C@@]1(C)C2. The first kappa shape index (κ1) is 33.5. The summed E-state index contributed by atoms with van der Waals surface area (Å²) in [6.45, 7) is 32.9. The molecule has 1 aliphatic heterocycles. The second-order valence-corrected chi connectivity index (χ2v) is 32.1. The van der Waals surface area contributed by atoms with E-state index >= 15 is 0 Å². The zero-order chi connectivity index (χ0) is 30.0. The van der Waals surface area contributed by atoms with Gasteiger partial charge >= 0.3 is 13.1 Å². The van der Waals surface area contributed by atoms with E-state index in [1.165, 1.54) is 6.42 Å². The van der Waals surface area contributed by atoms with Crippen LogP contribution >= 0.6 is 0 Å². The van der Waals surface area contributed by atoms with E-state index in [9.17, 15) is 9.90 Å². The minimum atomic E-state index is -2.08. The number of nitrogens with zero attached hydrogens (tertiary/aromatic N) is 1. The predicted molar refractivity (Wildman–Crippen MR) is 171 cm³/mol. The number of carboxylic acids is 1. The third-order valence-corrected chi connectivity index (χ3v) is 22.7. The largest absolute Gasteiger partial charge is 0.481 e. The Morgan fingerprint density at radius 1 is 1.05 bits per heavy atom. The minimum Gasteiger partial charge on any atom is -0.481 e. The highest BCUT2D eigenvalue weighted by molar-refractivity contribution is 6.90. The van der Waals surface area contributed by atoms with Gasteiger partial charge in [-0.05, 0) is 74.4 Å². The molecule has 0 aromatic rings. The lowest BCUT2D eigenvalue weighted by atomic mass is 9.45. The molecule has 1 saturated heterocycles. The number of carboxylic acid groups (broad SMARTS) is 1. The van der Waals surface area contributed by atoms with Crippen LogP contribution < -0.4 is 0 Å². The van der Waals surface area contributed by atoms with E-state index in [0.717, 1.165) is 31.6 Å². The maximum absolute atomic E-state index is 11.8. The van der Waals surface area contributed by atoms with Crippen molar-refractivity contribution in [2.45, 2.75) is 161 Å². The molecule has 2 bridgehead atoms. The molecule has 1 heterocycles. The molecule has 6 atom stereocenters. The highest BCUT2D eigenvalue weighted by Gasteiger charge is 2.68. The van der Waals surface area contributed by atoms with Crippen molar-refractivity contribution in [2.24, 2.45) is 17.3 Å². The topological polar surface area (TPSA) is 68.2 Å². The van der Waals surface area contributed by atoms with Gasteiger partial charge in [0.15, 0.2) is 8.32 Å². The van der Waals surface area contributed by atoms with Crippen molar-refractivity contribution in [1.82, 2.24) is 4.23 Å². The van der Waals surface area contributed by atoms with Crippen LogP contribution in [0.2, 0.25) is 57.4 Å². The summed E-state index contributed by atoms with van der Waals surface area (Å²) < 4.78 is 23.5. The molecule has 4 aliphatic rings. The van der Waals surface area contributed by atoms with Crippen LogP contribution in [-0.2, 0) is 18.5 Å². The predicted octanol–water partition coefficient (Wildman–Crippen LogP) is 7.63. The Hall–Kier alpha value is 0.0256. The molecule has 39 heavy (non-hydrogen) atoms. The molecule has 6 nitrogen and oxygen atoms in total. The molecule has 4 rings (SSSR count). The third-order valence-electron chi connectivity index (χ3n) is 10.6. The van der Waals surface area contributed by atoms with Crippen molar-refractivity contribution in [3.63, 3.8) is 0 Å². The highest BCUT2D eigenvalue weighted by Crippen LogP contribution is 2.65. The van der Waals surface area contributed by atoms with Crippen molar-refractivity contribution in [2.75, 3.05) is 0 Å². The van der Waals surface area contributed by atoms with Crippen molar-refractivity contribution in [3.8, 4) is 0 Å². The zero-order valence-electron chi connectivity index (χ0n) is 27.7. The Balaban J connectivity index is 1.84. The van der Waals surface area contributed by atoms with Gasteiger partial charge in [0, 0.05) is 5.94 Å². The third kappa shape index (κ3) is 6.99. The summed E-state index contributed by atoms with van der Waals surface area (Å²) in [6.07, 6.45) is 4.93. The van der Waals surface area contributed by atoms with E-state index in [-0.39, 0.29) is 42.3 Å². The van der Waals surface area contributed by atoms with Gasteiger partial charge in [0.05, 0.1) is 24.2 Å². The van der Waals surface area contributed by atoms with Crippen LogP contribution in [0.4, 0.5) is 0 Å². The van der Waals surface area contributed by atoms with Crippen molar-refractivity contribution >= 4 is 37.9 Å². The fraction of sp³-hybridized carbons (Fsp3) is 0.966. The van der Waals surface area contributed by atoms with Crippen molar-refractivity contribution in [3.05, 3.63) is 0 Å². The summed E-state index contributed by atoms with van der Waals surface area (Å²) in [6, 6.07) is 0. The van der Waals surface area contributed by atoms with Crippen LogP contribution in [-0.4, -0.2) is 71.0 Å². The smallest absolute Gasteiger partial charge is 0.474 e. The molecule has 3 saturated carbocycles. The Morgan fingerprint density at radius 3 is 2.08 bits per heavy atom. The number of rotatable bonds is 12. The summed E-state index contributed by atoms with van der Waals surface area (Å²) in [5.74, 6) is 0.697. The van der Waals surface area contributed by atoms with Crippen LogP contribution in [0.15, 0.2) is 0 Å². The average Bonchev–Trinajstić information content (AvgIpc) is 3.06. The average molecular weight is 598 g/mol. The summed E-state index contributed by atoms with van der Waals surface area (Å²) in [5.41, 5.74) is 0.133. The van der Waals surface area contributed by atoms with Crippen LogP contribution in [0.3, 0.4) is 0 Å². The van der Waals surface area contributed by atoms with Gasteiger partial charge in [0.25, 0.3) is 0 Å². The van der Waals surface area contributed by atoms with Gasteiger partial charge in [0.1, 0.15) is 16.5 Å². The maximum atomic E-state index is 11.8. The van der Waals surface area contributed by atoms with Crippen LogP contribution in [0.5, 0.6) is 0 Å².